The van der Waals surface area contributed by atoms with E-state index in [2.05, 4.69) is 254 Å². The van der Waals surface area contributed by atoms with Crippen LogP contribution in [0.3, 0.4) is 0 Å². The highest BCUT2D eigenvalue weighted by Crippen LogP contribution is 2.44. The van der Waals surface area contributed by atoms with Crippen molar-refractivity contribution >= 4 is 29.8 Å². The molecule has 1 N–H and O–H groups in total. The van der Waals surface area contributed by atoms with Crippen LogP contribution in [0.1, 0.15) is 437 Å². The predicted molar refractivity (Wildman–Crippen MR) is 608 cm³/mol. The zero-order valence-electron chi connectivity index (χ0n) is 98.4. The van der Waals surface area contributed by atoms with Crippen molar-refractivity contribution in [1.82, 2.24) is 0 Å². The molecule has 0 amide bonds. The molecule has 3 aliphatic rings. The highest BCUT2D eigenvalue weighted by atomic mass is 16.6. The van der Waals surface area contributed by atoms with Gasteiger partial charge >= 0.3 is 29.8 Å². The van der Waals surface area contributed by atoms with E-state index in [-0.39, 0.29) is 70.4 Å². The number of ether oxygens (including phenoxy) is 10. The summed E-state index contributed by atoms with van der Waals surface area (Å²) < 4.78 is 52.6. The second-order valence-corrected chi connectivity index (χ2v) is 44.8. The van der Waals surface area contributed by atoms with Gasteiger partial charge in [-0.1, -0.05) is 300 Å². The van der Waals surface area contributed by atoms with E-state index >= 15 is 0 Å². The fraction of sp³-hybridized carbons (Fsp3) is 0.695. The predicted octanol–water partition coefficient (Wildman–Crippen LogP) is 33.8. The van der Waals surface area contributed by atoms with Crippen LogP contribution in [-0.4, -0.2) is 129 Å². The maximum Gasteiger partial charge on any atom is 0.332 e. The molecule has 3 heterocycles. The summed E-state index contributed by atoms with van der Waals surface area (Å²) >= 11 is 0. The summed E-state index contributed by atoms with van der Waals surface area (Å²) in [4.78, 5) is 56.3. The molecule has 3 aliphatic heterocycles. The van der Waals surface area contributed by atoms with Gasteiger partial charge in [-0.15, -0.1) is 6.42 Å². The Bertz CT molecular complexity index is 4140. The molecule has 0 spiro atoms. The van der Waals surface area contributed by atoms with Gasteiger partial charge in [0.15, 0.2) is 6.10 Å². The first-order valence-electron chi connectivity index (χ1n) is 55.7. The number of benzene rings is 2. The normalized spacial score (nSPS) is 18.7. The molecule has 822 valence electrons. The van der Waals surface area contributed by atoms with E-state index in [0.717, 1.165) is 192 Å². The molecule has 5 rings (SSSR count). The van der Waals surface area contributed by atoms with Gasteiger partial charge < -0.3 is 52.5 Å². The van der Waals surface area contributed by atoms with Gasteiger partial charge in [-0.3, -0.25) is 0 Å². The Balaban J connectivity index is 0. The Kier molecular flexibility index (Phi) is 76.4. The number of rotatable bonds is 63. The number of hydrogen-bond acceptors (Lipinski definition) is 16. The van der Waals surface area contributed by atoms with Crippen molar-refractivity contribution in [2.75, 3.05) is 41.2 Å². The van der Waals surface area contributed by atoms with E-state index in [1.54, 1.807) is 25.2 Å². The number of aryl methyl sites for hydroxylation is 3. The lowest BCUT2D eigenvalue weighted by Crippen LogP contribution is -2.22. The van der Waals surface area contributed by atoms with Crippen LogP contribution < -0.4 is 4.74 Å². The summed E-state index contributed by atoms with van der Waals surface area (Å²) in [6.45, 7) is 69.2. The van der Waals surface area contributed by atoms with E-state index < -0.39 is 6.10 Å². The van der Waals surface area contributed by atoms with Crippen LogP contribution >= 0.6 is 0 Å². The number of carbonyl (C=O) groups is 5. The molecular weight excluding hydrogens is 1790 g/mol. The zero-order chi connectivity index (χ0) is 109. The summed E-state index contributed by atoms with van der Waals surface area (Å²) in [6, 6.07) is 17.4. The maximum absolute atomic E-state index is 11.5. The van der Waals surface area contributed by atoms with Crippen molar-refractivity contribution in [2.45, 2.75) is 493 Å². The highest BCUT2D eigenvalue weighted by Gasteiger charge is 2.51. The topological polar surface area (TPSA) is 208 Å². The molecule has 0 aliphatic carbocycles. The summed E-state index contributed by atoms with van der Waals surface area (Å²) in [5.41, 5.74) is 12.5. The third-order valence-electron chi connectivity index (χ3n) is 27.5. The molecule has 3 saturated heterocycles. The average Bonchev–Trinajstić information content (AvgIpc) is 1.63. The molecular formula is C128H214O16. The minimum absolute atomic E-state index is 0.0334. The first-order valence-corrected chi connectivity index (χ1v) is 55.7. The number of epoxide rings is 3. The summed E-state index contributed by atoms with van der Waals surface area (Å²) in [6.07, 6.45) is 69.9. The Morgan fingerprint density at radius 2 is 0.931 bits per heavy atom. The van der Waals surface area contributed by atoms with Crippen LogP contribution in [0.25, 0.3) is 0 Å². The minimum Gasteiger partial charge on any atom is -0.494 e. The van der Waals surface area contributed by atoms with Crippen LogP contribution in [0.2, 0.25) is 0 Å². The maximum atomic E-state index is 11.5. The molecule has 0 aromatic heterocycles. The van der Waals surface area contributed by atoms with E-state index in [0.29, 0.717) is 42.7 Å². The Hall–Kier alpha value is -7.65. The number of aliphatic hydroxyl groups is 1. The van der Waals surface area contributed by atoms with Crippen molar-refractivity contribution in [1.29, 1.82) is 0 Å². The number of carbonyl (C=O) groups excluding carboxylic acids is 5. The van der Waals surface area contributed by atoms with Crippen molar-refractivity contribution in [3.63, 3.8) is 0 Å². The fourth-order valence-electron chi connectivity index (χ4n) is 16.2. The molecule has 2 aromatic carbocycles. The van der Waals surface area contributed by atoms with E-state index in [4.69, 9.17) is 44.3 Å². The van der Waals surface area contributed by atoms with Crippen molar-refractivity contribution in [2.24, 2.45) is 46.8 Å². The largest absolute Gasteiger partial charge is 0.494 e. The molecule has 2 aromatic rings. The van der Waals surface area contributed by atoms with E-state index in [9.17, 15) is 29.1 Å². The number of terminal acetylenes is 1. The third-order valence-corrected chi connectivity index (χ3v) is 27.5. The third kappa shape index (κ3) is 76.0. The van der Waals surface area contributed by atoms with Gasteiger partial charge in [-0.2, -0.15) is 0 Å². The van der Waals surface area contributed by atoms with Gasteiger partial charge in [0, 0.05) is 44.1 Å². The molecule has 16 heteroatoms. The van der Waals surface area contributed by atoms with E-state index in [1.807, 2.05) is 80.7 Å². The summed E-state index contributed by atoms with van der Waals surface area (Å²) in [7, 11) is 4.62. The zero-order valence-corrected chi connectivity index (χ0v) is 98.4. The van der Waals surface area contributed by atoms with Gasteiger partial charge in [0.25, 0.3) is 0 Å². The van der Waals surface area contributed by atoms with Crippen molar-refractivity contribution in [3.8, 4) is 18.1 Å². The van der Waals surface area contributed by atoms with Gasteiger partial charge in [-0.05, 0) is 346 Å². The van der Waals surface area contributed by atoms with Gasteiger partial charge in [0.2, 0.25) is 0 Å². The molecule has 11 unspecified atom stereocenters. The molecule has 16 nitrogen and oxygen atoms in total. The number of allylic oxidation sites excluding steroid dienone is 15. The van der Waals surface area contributed by atoms with Gasteiger partial charge in [-0.25, -0.2) is 24.0 Å². The fourth-order valence-corrected chi connectivity index (χ4v) is 16.2. The second kappa shape index (κ2) is 79.5. The van der Waals surface area contributed by atoms with Crippen molar-refractivity contribution < 1.29 is 76.4 Å². The van der Waals surface area contributed by atoms with Crippen LogP contribution in [0.15, 0.2) is 167 Å². The Labute approximate surface area is 883 Å². The highest BCUT2D eigenvalue weighted by molar-refractivity contribution is 5.85. The first kappa shape index (κ1) is 138. The van der Waals surface area contributed by atoms with Crippen LogP contribution in [0.5, 0.6) is 5.75 Å². The molecule has 144 heavy (non-hydrogen) atoms. The second-order valence-electron chi connectivity index (χ2n) is 44.8. The first-order chi connectivity index (χ1) is 67.8. The van der Waals surface area contributed by atoms with Crippen LogP contribution in [0, 0.1) is 66.1 Å². The lowest BCUT2D eigenvalue weighted by atomic mass is 9.86. The smallest absolute Gasteiger partial charge is 0.332 e. The van der Waals surface area contributed by atoms with Crippen LogP contribution in [-0.2, 0) is 79.4 Å². The number of aliphatic hydroxyl groups excluding tert-OH is 1. The molecule has 0 bridgehead atoms. The Morgan fingerprint density at radius 3 is 1.35 bits per heavy atom. The number of methoxy groups -OCH3 is 3. The van der Waals surface area contributed by atoms with Crippen molar-refractivity contribution in [3.05, 3.63) is 183 Å². The van der Waals surface area contributed by atoms with Gasteiger partial charge in [0.1, 0.15) is 5.75 Å². The quantitative estimate of drug-likeness (QED) is 0.0124. The minimum atomic E-state index is -0.480. The van der Waals surface area contributed by atoms with E-state index in [1.165, 1.54) is 144 Å². The molecule has 0 radical (unpaired) electrons. The Morgan fingerprint density at radius 1 is 0.486 bits per heavy atom. The summed E-state index contributed by atoms with van der Waals surface area (Å²) in [5.74, 6) is 7.08. The summed E-state index contributed by atoms with van der Waals surface area (Å²) in [5, 5.41) is 9.23. The standard InChI is InChI=1S/C20H32O2.C19H34O3.C19H30O2.C19H32O.C18H30O3.C17H30O2.C16H26O3/c1-5-16-8-11-18(12-9-16)21-15-14-17(6-2)10-13-19-20(4,7-3)22-19;1-15(2)22-18(21)13-17(4)10-7-9-16(3)11-8-12-19(5,6)14-20;1-7-18(6)21-19(20)14-17(5)13-9-12-16(4)11-8-10-15(2)3;1-16(9-7-15-19(3,4)20-5)8-6-10-18-13-11-17(2)12-14-18;1-6-15(11-12-16-18(4,7-2)21-16)10-8-9-14(3)13-17(19)20-5;1-6-19-17(18)13-16(5)12-8-11-15(4)10-7-9-14(2)3;1-12(9-10-14-16(3,4)19-14)7-6-8-13(2)11-15(17)18-5/h8-9,11-12,17,19H,5-7,10,13-15H2,1-4H3;7,10,13,15-16,20H,8-9,11-12,14H2,1-6H3;1,9,13-16,18H,8,10-12H2,2-6H3;11-14,16H,6-10,15H2,1-5H3;10,13,16H,6-9,11-12H2,1-5H3;8,12-15H,6-7,9-11H2,1-5H3;7,11,14H,6,8-10H2,1-5H3/b;10-7+,17-13+;13-9+,17-14+;;14-13+,15-10+;12-8+,16-13+;12-7+,13-11+. The average molecular weight is 2010 g/mol. The lowest BCUT2D eigenvalue weighted by molar-refractivity contribution is -0.141. The monoisotopic (exact) mass is 2010 g/mol. The molecule has 0 saturated carbocycles. The van der Waals surface area contributed by atoms with Gasteiger partial charge in [0.05, 0.1) is 74.3 Å². The number of hydrogen-bond donors (Lipinski definition) is 1. The van der Waals surface area contributed by atoms with Crippen LogP contribution in [0.4, 0.5) is 0 Å². The lowest BCUT2D eigenvalue weighted by Gasteiger charge is -2.23. The molecule has 3 fully saturated rings. The molecule has 11 atom stereocenters. The SMILES string of the molecule is C#CC(C)OC(=O)/C=C(C)/C=C/CC(C)CCCC(C)C.CC(/C=C/CC(C)CCCC(C)(C)CO)=C\C(=O)OC(C)C.CC/C(=C\CC/C(C)=C/C(=O)OC)CCC1OC1(C)CC.CCOC(=O)/C=C(C)/C=C/CC(C)CCCC(C)C.CCc1ccc(OCCC(CC)CCC2OC2(C)CC)cc1.COC(=O)/C=C(\C)CC/C=C(\C)CCC1OC1(C)C.COC(C)(C)CCCC(C)CCCc1ccc(C)cc1. The number of esters is 5.